The first-order chi connectivity index (χ1) is 14.8. The van der Waals surface area contributed by atoms with Gasteiger partial charge in [0, 0.05) is 6.21 Å². The van der Waals surface area contributed by atoms with E-state index in [9.17, 15) is 8.42 Å². The van der Waals surface area contributed by atoms with E-state index in [1.54, 1.807) is 37.6 Å². The third kappa shape index (κ3) is 5.98. The van der Waals surface area contributed by atoms with E-state index in [0.717, 1.165) is 22.6 Å². The van der Waals surface area contributed by atoms with Gasteiger partial charge in [0.25, 0.3) is 0 Å². The number of nitrogens with zero attached hydrogens (tertiary/aromatic N) is 1. The number of methoxy groups -OCH3 is 1. The zero-order chi connectivity index (χ0) is 22.4. The first-order valence-corrected chi connectivity index (χ1v) is 12.0. The standard InChI is InChI=1S/C23H22INO5S/c1-4-29-22-14-17(15-25-18-7-9-19(28-3)10-8-18)13-21(24)23(22)30-31(26,27)20-11-5-16(2)6-12-20/h5-15H,4H2,1-3H3. The van der Waals surface area contributed by atoms with Gasteiger partial charge in [0.2, 0.25) is 0 Å². The normalized spacial score (nSPS) is 11.5. The minimum Gasteiger partial charge on any atom is -0.497 e. The lowest BCUT2D eigenvalue weighted by Gasteiger charge is -2.14. The highest BCUT2D eigenvalue weighted by Gasteiger charge is 2.22. The first kappa shape index (κ1) is 23.1. The van der Waals surface area contributed by atoms with Gasteiger partial charge in [-0.3, -0.25) is 4.99 Å². The van der Waals surface area contributed by atoms with Crippen molar-refractivity contribution in [1.29, 1.82) is 0 Å². The van der Waals surface area contributed by atoms with Crippen molar-refractivity contribution in [2.45, 2.75) is 18.7 Å². The molecule has 0 aliphatic rings. The predicted molar refractivity (Wildman–Crippen MR) is 130 cm³/mol. The summed E-state index contributed by atoms with van der Waals surface area (Å²) in [6.07, 6.45) is 1.69. The van der Waals surface area contributed by atoms with Gasteiger partial charge in [-0.15, -0.1) is 0 Å². The molecule has 3 rings (SSSR count). The average molecular weight is 551 g/mol. The molecule has 3 aromatic rings. The van der Waals surface area contributed by atoms with Gasteiger partial charge in [-0.25, -0.2) is 0 Å². The van der Waals surface area contributed by atoms with Crippen molar-refractivity contribution >= 4 is 44.6 Å². The van der Waals surface area contributed by atoms with Gasteiger partial charge in [-0.2, -0.15) is 8.42 Å². The molecular formula is C23H22INO5S. The Morgan fingerprint density at radius 1 is 1.03 bits per heavy atom. The lowest BCUT2D eigenvalue weighted by Crippen LogP contribution is -2.12. The molecule has 6 nitrogen and oxygen atoms in total. The van der Waals surface area contributed by atoms with Crippen LogP contribution in [0.1, 0.15) is 18.1 Å². The third-order valence-corrected chi connectivity index (χ3v) is 6.31. The van der Waals surface area contributed by atoms with E-state index >= 15 is 0 Å². The van der Waals surface area contributed by atoms with Crippen LogP contribution in [0.3, 0.4) is 0 Å². The predicted octanol–water partition coefficient (Wildman–Crippen LogP) is 5.53. The number of benzene rings is 3. The molecule has 0 unspecified atom stereocenters. The minimum atomic E-state index is -4.00. The van der Waals surface area contributed by atoms with Gasteiger partial charge in [0.1, 0.15) is 10.6 Å². The van der Waals surface area contributed by atoms with Crippen molar-refractivity contribution in [3.05, 3.63) is 75.4 Å². The van der Waals surface area contributed by atoms with Gasteiger partial charge in [0.05, 0.1) is 23.0 Å². The molecule has 0 saturated heterocycles. The molecule has 0 spiro atoms. The van der Waals surface area contributed by atoms with Crippen LogP contribution < -0.4 is 13.7 Å². The highest BCUT2D eigenvalue weighted by Crippen LogP contribution is 2.36. The topological polar surface area (TPSA) is 74.2 Å². The summed E-state index contributed by atoms with van der Waals surface area (Å²) in [5.41, 5.74) is 2.48. The molecule has 0 N–H and O–H groups in total. The molecule has 0 radical (unpaired) electrons. The monoisotopic (exact) mass is 551 g/mol. The van der Waals surface area contributed by atoms with Crippen LogP contribution >= 0.6 is 22.6 Å². The van der Waals surface area contributed by atoms with Crippen LogP contribution in [0.25, 0.3) is 0 Å². The Hall–Kier alpha value is -2.59. The van der Waals surface area contributed by atoms with E-state index in [1.165, 1.54) is 12.1 Å². The summed E-state index contributed by atoms with van der Waals surface area (Å²) in [5, 5.41) is 0. The quantitative estimate of drug-likeness (QED) is 0.209. The van der Waals surface area contributed by atoms with Crippen LogP contribution in [0.4, 0.5) is 5.69 Å². The van der Waals surface area contributed by atoms with Crippen molar-refractivity contribution in [3.8, 4) is 17.2 Å². The lowest BCUT2D eigenvalue weighted by atomic mass is 10.2. The maximum atomic E-state index is 12.8. The zero-order valence-electron chi connectivity index (χ0n) is 17.3. The number of ether oxygens (including phenoxy) is 2. The van der Waals surface area contributed by atoms with Crippen LogP contribution in [0.15, 0.2) is 70.6 Å². The van der Waals surface area contributed by atoms with Crippen LogP contribution in [-0.4, -0.2) is 28.3 Å². The van der Waals surface area contributed by atoms with E-state index in [2.05, 4.69) is 4.99 Å². The molecule has 0 heterocycles. The summed E-state index contributed by atoms with van der Waals surface area (Å²) < 4.78 is 42.4. The summed E-state index contributed by atoms with van der Waals surface area (Å²) >= 11 is 2.03. The summed E-state index contributed by atoms with van der Waals surface area (Å²) in [6, 6.07) is 17.3. The second-order valence-electron chi connectivity index (χ2n) is 6.57. The Morgan fingerprint density at radius 2 is 1.71 bits per heavy atom. The van der Waals surface area contributed by atoms with Crippen molar-refractivity contribution in [2.24, 2.45) is 4.99 Å². The Morgan fingerprint density at radius 3 is 2.32 bits per heavy atom. The first-order valence-electron chi connectivity index (χ1n) is 9.48. The molecule has 0 aliphatic heterocycles. The minimum absolute atomic E-state index is 0.0847. The van der Waals surface area contributed by atoms with E-state index in [0.29, 0.717) is 15.9 Å². The van der Waals surface area contributed by atoms with Gasteiger partial charge in [-0.1, -0.05) is 17.7 Å². The van der Waals surface area contributed by atoms with Crippen LogP contribution in [-0.2, 0) is 10.1 Å². The summed E-state index contributed by atoms with van der Waals surface area (Å²) in [7, 11) is -2.39. The molecule has 0 saturated carbocycles. The molecule has 0 atom stereocenters. The zero-order valence-corrected chi connectivity index (χ0v) is 20.3. The number of aryl methyl sites for hydroxylation is 1. The second kappa shape index (κ2) is 10.1. The molecule has 0 fully saturated rings. The number of hydrogen-bond acceptors (Lipinski definition) is 6. The maximum Gasteiger partial charge on any atom is 0.339 e. The molecule has 162 valence electrons. The SMILES string of the molecule is CCOc1cc(C=Nc2ccc(OC)cc2)cc(I)c1OS(=O)(=O)c1ccc(C)cc1. The summed E-state index contributed by atoms with van der Waals surface area (Å²) in [4.78, 5) is 4.54. The summed E-state index contributed by atoms with van der Waals surface area (Å²) in [5.74, 6) is 1.24. The van der Waals surface area contributed by atoms with E-state index < -0.39 is 10.1 Å². The van der Waals surface area contributed by atoms with Gasteiger partial charge in [0.15, 0.2) is 11.5 Å². The van der Waals surface area contributed by atoms with E-state index in [4.69, 9.17) is 13.7 Å². The average Bonchev–Trinajstić information content (AvgIpc) is 2.75. The largest absolute Gasteiger partial charge is 0.497 e. The molecule has 0 aromatic heterocycles. The maximum absolute atomic E-state index is 12.8. The van der Waals surface area contributed by atoms with Crippen LogP contribution in [0.2, 0.25) is 0 Å². The van der Waals surface area contributed by atoms with Crippen molar-refractivity contribution in [3.63, 3.8) is 0 Å². The summed E-state index contributed by atoms with van der Waals surface area (Å²) in [6.45, 7) is 4.07. The number of hydrogen-bond donors (Lipinski definition) is 0. The van der Waals surface area contributed by atoms with E-state index in [-0.39, 0.29) is 10.6 Å². The Balaban J connectivity index is 1.91. The van der Waals surface area contributed by atoms with Crippen molar-refractivity contribution in [2.75, 3.05) is 13.7 Å². The molecule has 0 aliphatic carbocycles. The van der Waals surface area contributed by atoms with Crippen molar-refractivity contribution < 1.29 is 22.1 Å². The molecule has 0 bridgehead atoms. The number of aliphatic imine (C=N–C) groups is 1. The molecule has 0 amide bonds. The lowest BCUT2D eigenvalue weighted by molar-refractivity contribution is 0.327. The Labute approximate surface area is 196 Å². The fourth-order valence-corrected chi connectivity index (χ4v) is 4.53. The number of halogens is 1. The molecular weight excluding hydrogens is 529 g/mol. The van der Waals surface area contributed by atoms with Crippen LogP contribution in [0, 0.1) is 10.5 Å². The second-order valence-corrected chi connectivity index (χ2v) is 9.28. The highest BCUT2D eigenvalue weighted by atomic mass is 127. The van der Waals surface area contributed by atoms with E-state index in [1.807, 2.05) is 60.7 Å². The Bertz CT molecular complexity index is 1170. The molecule has 31 heavy (non-hydrogen) atoms. The number of rotatable bonds is 8. The van der Waals surface area contributed by atoms with Gasteiger partial charge >= 0.3 is 10.1 Å². The van der Waals surface area contributed by atoms with Gasteiger partial charge < -0.3 is 13.7 Å². The molecule has 8 heteroatoms. The van der Waals surface area contributed by atoms with Crippen LogP contribution in [0.5, 0.6) is 17.2 Å². The fraction of sp³-hybridized carbons (Fsp3) is 0.174. The van der Waals surface area contributed by atoms with Gasteiger partial charge in [-0.05, 0) is 90.5 Å². The highest BCUT2D eigenvalue weighted by molar-refractivity contribution is 14.1. The fourth-order valence-electron chi connectivity index (χ4n) is 2.69. The Kier molecular flexibility index (Phi) is 7.55. The van der Waals surface area contributed by atoms with Crippen molar-refractivity contribution in [1.82, 2.24) is 0 Å². The third-order valence-electron chi connectivity index (χ3n) is 4.27. The smallest absolute Gasteiger partial charge is 0.339 e. The molecule has 3 aromatic carbocycles.